The Bertz CT molecular complexity index is 1250. The van der Waals surface area contributed by atoms with E-state index in [9.17, 15) is 4.79 Å². The highest BCUT2D eigenvalue weighted by Crippen LogP contribution is 2.29. The number of aromatic nitrogens is 4. The molecular weight excluding hydrogens is 398 g/mol. The number of aromatic amines is 1. The summed E-state index contributed by atoms with van der Waals surface area (Å²) in [6.45, 7) is 7.85. The molecule has 0 fully saturated rings. The molecule has 0 unspecified atom stereocenters. The number of hydrogen-bond acceptors (Lipinski definition) is 3. The summed E-state index contributed by atoms with van der Waals surface area (Å²) in [5.74, 6) is -0.291. The Kier molecular flexibility index (Phi) is 5.18. The second kappa shape index (κ2) is 7.80. The third kappa shape index (κ3) is 3.86. The smallest absolute Gasteiger partial charge is 0.257 e. The van der Waals surface area contributed by atoms with E-state index in [1.54, 1.807) is 16.8 Å². The summed E-state index contributed by atoms with van der Waals surface area (Å²) < 4.78 is 1.80. The van der Waals surface area contributed by atoms with Gasteiger partial charge in [-0.15, -0.1) is 0 Å². The van der Waals surface area contributed by atoms with Gasteiger partial charge in [0.15, 0.2) is 0 Å². The first-order valence-electron chi connectivity index (χ1n) is 9.59. The fraction of sp³-hybridized carbons (Fsp3) is 0.174. The molecule has 4 rings (SSSR count). The highest BCUT2D eigenvalue weighted by molar-refractivity contribution is 6.34. The second-order valence-electron chi connectivity index (χ2n) is 7.44. The van der Waals surface area contributed by atoms with Gasteiger partial charge in [-0.25, -0.2) is 4.68 Å². The number of amides is 1. The van der Waals surface area contributed by atoms with Gasteiger partial charge in [0, 0.05) is 17.0 Å². The molecule has 0 saturated heterocycles. The maximum Gasteiger partial charge on any atom is 0.257 e. The zero-order valence-electron chi connectivity index (χ0n) is 17.2. The normalized spacial score (nSPS) is 11.0. The van der Waals surface area contributed by atoms with Crippen molar-refractivity contribution < 1.29 is 4.79 Å². The van der Waals surface area contributed by atoms with Crippen molar-refractivity contribution in [1.29, 1.82) is 0 Å². The number of nitrogens with one attached hydrogen (secondary N) is 2. The van der Waals surface area contributed by atoms with Crippen LogP contribution >= 0.6 is 11.6 Å². The van der Waals surface area contributed by atoms with Gasteiger partial charge >= 0.3 is 0 Å². The van der Waals surface area contributed by atoms with Crippen LogP contribution in [0.15, 0.2) is 48.5 Å². The van der Waals surface area contributed by atoms with Crippen LogP contribution in [0.4, 0.5) is 5.69 Å². The van der Waals surface area contributed by atoms with Crippen molar-refractivity contribution in [1.82, 2.24) is 20.0 Å². The Morgan fingerprint density at radius 1 is 1.03 bits per heavy atom. The molecule has 2 heterocycles. The van der Waals surface area contributed by atoms with Gasteiger partial charge in [0.25, 0.3) is 5.91 Å². The quantitative estimate of drug-likeness (QED) is 0.465. The predicted octanol–water partition coefficient (Wildman–Crippen LogP) is 5.40. The number of halogens is 1. The molecule has 6 nitrogen and oxygen atoms in total. The molecule has 30 heavy (non-hydrogen) atoms. The van der Waals surface area contributed by atoms with Gasteiger partial charge in [-0.2, -0.15) is 10.2 Å². The molecular formula is C23H22ClN5O. The number of benzene rings is 2. The monoisotopic (exact) mass is 419 g/mol. The number of anilines is 1. The van der Waals surface area contributed by atoms with Crippen molar-refractivity contribution >= 4 is 23.2 Å². The Morgan fingerprint density at radius 2 is 1.83 bits per heavy atom. The molecule has 0 atom stereocenters. The summed E-state index contributed by atoms with van der Waals surface area (Å²) in [5.41, 5.74) is 7.37. The Labute approximate surface area is 179 Å². The molecule has 1 amide bonds. The molecule has 2 N–H and O–H groups in total. The maximum absolute atomic E-state index is 13.1. The Balaban J connectivity index is 1.70. The van der Waals surface area contributed by atoms with Crippen LogP contribution in [0.1, 0.15) is 33.0 Å². The lowest BCUT2D eigenvalue weighted by Crippen LogP contribution is -2.14. The Hall–Kier alpha value is -3.38. The molecule has 0 aliphatic heterocycles. The van der Waals surface area contributed by atoms with Crippen LogP contribution in [-0.4, -0.2) is 25.9 Å². The minimum absolute atomic E-state index is 0.291. The van der Waals surface area contributed by atoms with Crippen LogP contribution in [0.5, 0.6) is 0 Å². The van der Waals surface area contributed by atoms with Crippen molar-refractivity contribution in [2.24, 2.45) is 0 Å². The third-order valence-electron chi connectivity index (χ3n) is 4.85. The van der Waals surface area contributed by atoms with Crippen molar-refractivity contribution in [3.8, 4) is 16.9 Å². The van der Waals surface area contributed by atoms with E-state index >= 15 is 0 Å². The van der Waals surface area contributed by atoms with Crippen LogP contribution in [0.25, 0.3) is 16.9 Å². The lowest BCUT2D eigenvalue weighted by Gasteiger charge is -2.13. The highest BCUT2D eigenvalue weighted by Gasteiger charge is 2.16. The van der Waals surface area contributed by atoms with E-state index in [1.807, 2.05) is 64.1 Å². The first-order chi connectivity index (χ1) is 14.3. The number of hydrogen-bond donors (Lipinski definition) is 2. The number of nitrogens with zero attached hydrogens (tertiary/aromatic N) is 3. The number of carbonyl (C=O) groups is 1. The zero-order chi connectivity index (χ0) is 21.4. The summed E-state index contributed by atoms with van der Waals surface area (Å²) in [6.07, 6.45) is 0. The number of H-pyrrole nitrogens is 1. The minimum atomic E-state index is -0.291. The molecule has 0 saturated carbocycles. The van der Waals surface area contributed by atoms with Gasteiger partial charge < -0.3 is 5.32 Å². The van der Waals surface area contributed by atoms with Crippen LogP contribution in [0.3, 0.4) is 0 Å². The summed E-state index contributed by atoms with van der Waals surface area (Å²) in [4.78, 5) is 13.1. The fourth-order valence-electron chi connectivity index (χ4n) is 3.43. The molecule has 0 aliphatic rings. The van der Waals surface area contributed by atoms with Crippen LogP contribution < -0.4 is 5.32 Å². The van der Waals surface area contributed by atoms with Gasteiger partial charge in [0.2, 0.25) is 0 Å². The second-order valence-corrected chi connectivity index (χ2v) is 7.85. The van der Waals surface area contributed by atoms with E-state index in [1.165, 1.54) is 0 Å². The van der Waals surface area contributed by atoms with E-state index < -0.39 is 0 Å². The first kappa shape index (κ1) is 19.9. The zero-order valence-corrected chi connectivity index (χ0v) is 18.0. The molecule has 4 aromatic rings. The van der Waals surface area contributed by atoms with E-state index in [0.717, 1.165) is 39.6 Å². The third-order valence-corrected chi connectivity index (χ3v) is 5.18. The highest BCUT2D eigenvalue weighted by atomic mass is 35.5. The molecule has 0 radical (unpaired) electrons. The average molecular weight is 420 g/mol. The fourth-order valence-corrected chi connectivity index (χ4v) is 3.64. The van der Waals surface area contributed by atoms with Gasteiger partial charge in [-0.05, 0) is 70.2 Å². The van der Waals surface area contributed by atoms with Gasteiger partial charge in [0.05, 0.1) is 33.3 Å². The van der Waals surface area contributed by atoms with Crippen molar-refractivity contribution in [3.05, 3.63) is 81.8 Å². The average Bonchev–Trinajstić information content (AvgIpc) is 3.28. The number of carbonyl (C=O) groups excluding carboxylic acids is 1. The topological polar surface area (TPSA) is 75.6 Å². The molecule has 0 spiro atoms. The molecule has 0 aliphatic carbocycles. The van der Waals surface area contributed by atoms with E-state index in [0.29, 0.717) is 16.3 Å². The summed E-state index contributed by atoms with van der Waals surface area (Å²) in [5, 5.41) is 15.1. The minimum Gasteiger partial charge on any atom is -0.321 e. The number of rotatable bonds is 4. The van der Waals surface area contributed by atoms with E-state index in [4.69, 9.17) is 11.6 Å². The van der Waals surface area contributed by atoms with Gasteiger partial charge in [0.1, 0.15) is 0 Å². The summed E-state index contributed by atoms with van der Waals surface area (Å²) >= 11 is 6.37. The van der Waals surface area contributed by atoms with Gasteiger partial charge in [-0.3, -0.25) is 9.89 Å². The van der Waals surface area contributed by atoms with Crippen LogP contribution in [0.2, 0.25) is 5.02 Å². The molecule has 7 heteroatoms. The largest absolute Gasteiger partial charge is 0.321 e. The van der Waals surface area contributed by atoms with Crippen molar-refractivity contribution in [3.63, 3.8) is 0 Å². The molecule has 0 bridgehead atoms. The summed E-state index contributed by atoms with van der Waals surface area (Å²) in [7, 11) is 0. The maximum atomic E-state index is 13.1. The predicted molar refractivity (Wildman–Crippen MR) is 119 cm³/mol. The van der Waals surface area contributed by atoms with Gasteiger partial charge in [-0.1, -0.05) is 23.2 Å². The standard InChI is InChI=1S/C23H22ClN5O/c1-13-5-8-21(19(9-13)22-11-14(2)26-27-22)25-23(30)18-12-17(6-7-20(18)24)29-16(4)10-15(3)28-29/h5-12H,1-4H3,(H,25,30)(H,26,27). The lowest BCUT2D eigenvalue weighted by atomic mass is 10.1. The van der Waals surface area contributed by atoms with E-state index in [-0.39, 0.29) is 5.91 Å². The lowest BCUT2D eigenvalue weighted by molar-refractivity contribution is 0.102. The Morgan fingerprint density at radius 3 is 2.50 bits per heavy atom. The molecule has 2 aromatic carbocycles. The molecule has 152 valence electrons. The molecule has 2 aromatic heterocycles. The SMILES string of the molecule is Cc1ccc(NC(=O)c2cc(-n3nc(C)cc3C)ccc2Cl)c(-c2cc(C)[nH]n2)c1. The number of aryl methyl sites for hydroxylation is 4. The first-order valence-corrected chi connectivity index (χ1v) is 9.97. The van der Waals surface area contributed by atoms with Crippen molar-refractivity contribution in [2.45, 2.75) is 27.7 Å². The van der Waals surface area contributed by atoms with E-state index in [2.05, 4.69) is 20.6 Å². The van der Waals surface area contributed by atoms with Crippen LogP contribution in [-0.2, 0) is 0 Å². The summed E-state index contributed by atoms with van der Waals surface area (Å²) in [6, 6.07) is 15.1. The van der Waals surface area contributed by atoms with Crippen LogP contribution in [0, 0.1) is 27.7 Å². The van der Waals surface area contributed by atoms with Crippen molar-refractivity contribution in [2.75, 3.05) is 5.32 Å².